The van der Waals surface area contributed by atoms with Crippen molar-refractivity contribution in [2.75, 3.05) is 23.8 Å². The Labute approximate surface area is 120 Å². The molecule has 0 bridgehead atoms. The minimum Gasteiger partial charge on any atom is -0.398 e. The van der Waals surface area contributed by atoms with Crippen molar-refractivity contribution < 1.29 is 9.90 Å². The van der Waals surface area contributed by atoms with Crippen LogP contribution in [0, 0.1) is 0 Å². The normalized spacial score (nSPS) is 16.1. The molecule has 2 rings (SSSR count). The van der Waals surface area contributed by atoms with Crippen LogP contribution in [0.25, 0.3) is 0 Å². The van der Waals surface area contributed by atoms with Gasteiger partial charge >= 0.3 is 0 Å². The fraction of sp³-hybridized carbons (Fsp3) is 0.562. The maximum absolute atomic E-state index is 11.6. The van der Waals surface area contributed by atoms with E-state index in [-0.39, 0.29) is 12.4 Å². The third-order valence-corrected chi connectivity index (χ3v) is 4.10. The standard InChI is InChI=1S/C16H24N2O2/c1-12(20)15-11-14(7-8-16(15)17)18(9-10-19)13-5-3-2-4-6-13/h7-8,11,13,19H,2-6,9-10,17H2,1H3. The van der Waals surface area contributed by atoms with Crippen molar-refractivity contribution in [3.8, 4) is 0 Å². The number of rotatable bonds is 5. The molecule has 1 saturated carbocycles. The molecule has 4 heteroatoms. The molecule has 0 aliphatic heterocycles. The van der Waals surface area contributed by atoms with E-state index in [1.165, 1.54) is 26.2 Å². The first kappa shape index (κ1) is 14.9. The van der Waals surface area contributed by atoms with Crippen molar-refractivity contribution >= 4 is 17.2 Å². The molecule has 20 heavy (non-hydrogen) atoms. The highest BCUT2D eigenvalue weighted by Crippen LogP contribution is 2.29. The number of hydrogen-bond acceptors (Lipinski definition) is 4. The minimum atomic E-state index is -0.0167. The molecular formula is C16H24N2O2. The second-order valence-electron chi connectivity index (χ2n) is 5.54. The lowest BCUT2D eigenvalue weighted by Gasteiger charge is -2.36. The van der Waals surface area contributed by atoms with Gasteiger partial charge < -0.3 is 15.7 Å². The SMILES string of the molecule is CC(=O)c1cc(N(CCO)C2CCCCC2)ccc1N. The van der Waals surface area contributed by atoms with Crippen LogP contribution in [0.5, 0.6) is 0 Å². The number of aliphatic hydroxyl groups is 1. The molecule has 1 aromatic carbocycles. The van der Waals surface area contributed by atoms with Crippen molar-refractivity contribution in [3.63, 3.8) is 0 Å². The van der Waals surface area contributed by atoms with Crippen LogP contribution < -0.4 is 10.6 Å². The molecule has 1 aliphatic rings. The molecule has 0 aromatic heterocycles. The molecule has 0 heterocycles. The summed E-state index contributed by atoms with van der Waals surface area (Å²) < 4.78 is 0. The van der Waals surface area contributed by atoms with Crippen molar-refractivity contribution in [2.45, 2.75) is 45.1 Å². The lowest BCUT2D eigenvalue weighted by Crippen LogP contribution is -2.39. The predicted molar refractivity (Wildman–Crippen MR) is 82.2 cm³/mol. The zero-order valence-corrected chi connectivity index (χ0v) is 12.1. The summed E-state index contributed by atoms with van der Waals surface area (Å²) >= 11 is 0. The van der Waals surface area contributed by atoms with Crippen molar-refractivity contribution in [3.05, 3.63) is 23.8 Å². The molecule has 0 unspecified atom stereocenters. The van der Waals surface area contributed by atoms with Gasteiger partial charge in [0.1, 0.15) is 0 Å². The van der Waals surface area contributed by atoms with E-state index in [0.29, 0.717) is 23.8 Å². The molecule has 1 fully saturated rings. The number of aliphatic hydroxyl groups excluding tert-OH is 1. The Kier molecular flexibility index (Phi) is 5.01. The Morgan fingerprint density at radius 3 is 2.65 bits per heavy atom. The largest absolute Gasteiger partial charge is 0.398 e. The summed E-state index contributed by atoms with van der Waals surface area (Å²) in [5.74, 6) is -0.0167. The van der Waals surface area contributed by atoms with Crippen LogP contribution in [0.3, 0.4) is 0 Å². The zero-order valence-electron chi connectivity index (χ0n) is 12.1. The number of Topliss-reactive ketones (excluding diaryl/α,β-unsaturated/α-hetero) is 1. The smallest absolute Gasteiger partial charge is 0.161 e. The molecule has 3 N–H and O–H groups in total. The molecule has 0 atom stereocenters. The van der Waals surface area contributed by atoms with Gasteiger partial charge in [0.2, 0.25) is 0 Å². The highest BCUT2D eigenvalue weighted by atomic mass is 16.3. The van der Waals surface area contributed by atoms with Crippen molar-refractivity contribution in [1.29, 1.82) is 0 Å². The average Bonchev–Trinajstić information content (AvgIpc) is 2.46. The number of nitrogens with zero attached hydrogens (tertiary/aromatic N) is 1. The maximum atomic E-state index is 11.6. The Bertz CT molecular complexity index is 468. The Morgan fingerprint density at radius 2 is 2.05 bits per heavy atom. The van der Waals surface area contributed by atoms with E-state index < -0.39 is 0 Å². The number of nitrogens with two attached hydrogens (primary N) is 1. The number of nitrogen functional groups attached to an aromatic ring is 1. The summed E-state index contributed by atoms with van der Waals surface area (Å²) in [6, 6.07) is 6.06. The molecule has 0 saturated heterocycles. The Balaban J connectivity index is 2.28. The summed E-state index contributed by atoms with van der Waals surface area (Å²) in [5, 5.41) is 9.33. The number of anilines is 2. The van der Waals surface area contributed by atoms with E-state index in [4.69, 9.17) is 5.73 Å². The first-order chi connectivity index (χ1) is 9.63. The molecule has 4 nitrogen and oxygen atoms in total. The molecule has 1 aliphatic carbocycles. The van der Waals surface area contributed by atoms with E-state index in [1.54, 1.807) is 6.07 Å². The number of hydrogen-bond donors (Lipinski definition) is 2. The fourth-order valence-corrected chi connectivity index (χ4v) is 3.05. The lowest BCUT2D eigenvalue weighted by atomic mass is 9.93. The predicted octanol–water partition coefficient (Wildman–Crippen LogP) is 2.60. The number of ketones is 1. The summed E-state index contributed by atoms with van der Waals surface area (Å²) in [6.07, 6.45) is 6.08. The van der Waals surface area contributed by atoms with Crippen LogP contribution in [0.15, 0.2) is 18.2 Å². The van der Waals surface area contributed by atoms with Gasteiger partial charge in [-0.25, -0.2) is 0 Å². The highest BCUT2D eigenvalue weighted by Gasteiger charge is 2.22. The average molecular weight is 276 g/mol. The summed E-state index contributed by atoms with van der Waals surface area (Å²) in [4.78, 5) is 13.9. The lowest BCUT2D eigenvalue weighted by molar-refractivity contribution is 0.101. The topological polar surface area (TPSA) is 66.6 Å². The second kappa shape index (κ2) is 6.75. The van der Waals surface area contributed by atoms with Gasteiger partial charge in [0.25, 0.3) is 0 Å². The van der Waals surface area contributed by atoms with Gasteiger partial charge in [-0.2, -0.15) is 0 Å². The fourth-order valence-electron chi connectivity index (χ4n) is 3.05. The van der Waals surface area contributed by atoms with Crippen LogP contribution in [0.4, 0.5) is 11.4 Å². The summed E-state index contributed by atoms with van der Waals surface area (Å²) in [6.45, 7) is 2.26. The molecule has 0 amide bonds. The second-order valence-corrected chi connectivity index (χ2v) is 5.54. The van der Waals surface area contributed by atoms with Gasteiger partial charge in [-0.1, -0.05) is 19.3 Å². The Morgan fingerprint density at radius 1 is 1.35 bits per heavy atom. The first-order valence-corrected chi connectivity index (χ1v) is 7.41. The number of benzene rings is 1. The van der Waals surface area contributed by atoms with Gasteiger partial charge in [-0.3, -0.25) is 4.79 Å². The quantitative estimate of drug-likeness (QED) is 0.641. The van der Waals surface area contributed by atoms with Crippen LogP contribution in [0.2, 0.25) is 0 Å². The third-order valence-electron chi connectivity index (χ3n) is 4.10. The Hall–Kier alpha value is -1.55. The van der Waals surface area contributed by atoms with Gasteiger partial charge in [-0.15, -0.1) is 0 Å². The molecule has 110 valence electrons. The summed E-state index contributed by atoms with van der Waals surface area (Å²) in [7, 11) is 0. The van der Waals surface area contributed by atoms with E-state index in [1.807, 2.05) is 12.1 Å². The zero-order chi connectivity index (χ0) is 14.5. The number of carbonyl (C=O) groups is 1. The van der Waals surface area contributed by atoms with E-state index in [2.05, 4.69) is 4.90 Å². The summed E-state index contributed by atoms with van der Waals surface area (Å²) in [5.41, 5.74) is 7.94. The van der Waals surface area contributed by atoms with Crippen LogP contribution in [0.1, 0.15) is 49.4 Å². The van der Waals surface area contributed by atoms with Crippen LogP contribution in [-0.2, 0) is 0 Å². The van der Waals surface area contributed by atoms with Gasteiger partial charge in [-0.05, 0) is 38.0 Å². The number of carbonyl (C=O) groups excluding carboxylic acids is 1. The third kappa shape index (κ3) is 3.31. The van der Waals surface area contributed by atoms with E-state index >= 15 is 0 Å². The molecule has 1 aromatic rings. The van der Waals surface area contributed by atoms with Crippen molar-refractivity contribution in [2.24, 2.45) is 0 Å². The maximum Gasteiger partial charge on any atom is 0.161 e. The highest BCUT2D eigenvalue weighted by molar-refractivity contribution is 6.00. The van der Waals surface area contributed by atoms with Crippen LogP contribution in [-0.4, -0.2) is 30.1 Å². The van der Waals surface area contributed by atoms with Crippen molar-refractivity contribution in [1.82, 2.24) is 0 Å². The minimum absolute atomic E-state index is 0.0167. The van der Waals surface area contributed by atoms with Gasteiger partial charge in [0, 0.05) is 29.5 Å². The van der Waals surface area contributed by atoms with E-state index in [0.717, 1.165) is 18.5 Å². The van der Waals surface area contributed by atoms with Gasteiger partial charge in [0.05, 0.1) is 6.61 Å². The van der Waals surface area contributed by atoms with Crippen LogP contribution >= 0.6 is 0 Å². The monoisotopic (exact) mass is 276 g/mol. The first-order valence-electron chi connectivity index (χ1n) is 7.41. The van der Waals surface area contributed by atoms with Gasteiger partial charge in [0.15, 0.2) is 5.78 Å². The molecular weight excluding hydrogens is 252 g/mol. The van der Waals surface area contributed by atoms with E-state index in [9.17, 15) is 9.90 Å². The molecule has 0 radical (unpaired) electrons. The molecule has 0 spiro atoms.